The zero-order valence-electron chi connectivity index (χ0n) is 10.3. The van der Waals surface area contributed by atoms with Crippen LogP contribution in [0.3, 0.4) is 0 Å². The zero-order chi connectivity index (χ0) is 13.5. The second kappa shape index (κ2) is 7.25. The number of thioether (sulfide) groups is 1. The molecule has 6 nitrogen and oxygen atoms in total. The van der Waals surface area contributed by atoms with Crippen LogP contribution in [0, 0.1) is 0 Å². The van der Waals surface area contributed by atoms with Crippen molar-refractivity contribution in [2.75, 3.05) is 12.3 Å². The van der Waals surface area contributed by atoms with E-state index >= 15 is 0 Å². The van der Waals surface area contributed by atoms with E-state index in [0.29, 0.717) is 6.54 Å². The van der Waals surface area contributed by atoms with Crippen molar-refractivity contribution in [3.05, 3.63) is 0 Å². The van der Waals surface area contributed by atoms with Crippen LogP contribution in [0.25, 0.3) is 0 Å². The maximum absolute atomic E-state index is 11.7. The summed E-state index contributed by atoms with van der Waals surface area (Å²) in [5.74, 6) is -1.29. The number of aliphatic carboxylic acids is 1. The van der Waals surface area contributed by atoms with E-state index in [2.05, 4.69) is 10.6 Å². The molecule has 3 N–H and O–H groups in total. The third-order valence-corrected chi connectivity index (χ3v) is 4.00. The molecule has 1 aliphatic heterocycles. The first-order valence-corrected chi connectivity index (χ1v) is 6.95. The fourth-order valence-electron chi connectivity index (χ4n) is 1.70. The first-order valence-electron chi connectivity index (χ1n) is 5.90. The summed E-state index contributed by atoms with van der Waals surface area (Å²) in [6.07, 6.45) is 2.66. The molecule has 2 atom stereocenters. The van der Waals surface area contributed by atoms with Crippen molar-refractivity contribution in [3.63, 3.8) is 0 Å². The van der Waals surface area contributed by atoms with E-state index in [-0.39, 0.29) is 22.8 Å². The van der Waals surface area contributed by atoms with Gasteiger partial charge in [-0.05, 0) is 12.8 Å². The number of carbonyl (C=O) groups excluding carboxylic acids is 2. The minimum atomic E-state index is -1.08. The third kappa shape index (κ3) is 4.95. The van der Waals surface area contributed by atoms with Crippen molar-refractivity contribution >= 4 is 29.5 Å². The number of amides is 2. The molecule has 0 aromatic carbocycles. The molecule has 7 heteroatoms. The van der Waals surface area contributed by atoms with Crippen LogP contribution in [0.5, 0.6) is 0 Å². The molecule has 1 fully saturated rings. The number of hydrogen-bond donors (Lipinski definition) is 3. The highest BCUT2D eigenvalue weighted by molar-refractivity contribution is 8.00. The molecule has 0 saturated carbocycles. The minimum absolute atomic E-state index is 0.0375. The number of carboxylic acids is 1. The van der Waals surface area contributed by atoms with Gasteiger partial charge >= 0.3 is 5.97 Å². The lowest BCUT2D eigenvalue weighted by Gasteiger charge is -2.17. The molecule has 102 valence electrons. The Bertz CT molecular complexity index is 335. The molecule has 1 saturated heterocycles. The molecule has 0 aliphatic carbocycles. The molecular formula is C11H18N2O4S. The lowest BCUT2D eigenvalue weighted by atomic mass is 10.2. The highest BCUT2D eigenvalue weighted by Gasteiger charge is 2.25. The van der Waals surface area contributed by atoms with Gasteiger partial charge in [-0.15, -0.1) is 11.8 Å². The SMILES string of the molecule is CC(=O)N[C@@H](CSC1CCCCNC1=O)C(=O)O. The van der Waals surface area contributed by atoms with Crippen LogP contribution < -0.4 is 10.6 Å². The Morgan fingerprint density at radius 1 is 1.56 bits per heavy atom. The fraction of sp³-hybridized carbons (Fsp3) is 0.727. The summed E-state index contributed by atoms with van der Waals surface area (Å²) in [6.45, 7) is 1.96. The number of nitrogens with one attached hydrogen (secondary N) is 2. The van der Waals surface area contributed by atoms with E-state index in [4.69, 9.17) is 5.11 Å². The van der Waals surface area contributed by atoms with Gasteiger partial charge in [0.05, 0.1) is 5.25 Å². The van der Waals surface area contributed by atoms with Gasteiger partial charge in [0.25, 0.3) is 0 Å². The third-order valence-electron chi connectivity index (χ3n) is 2.62. The molecule has 18 heavy (non-hydrogen) atoms. The molecule has 1 aliphatic rings. The van der Waals surface area contributed by atoms with Crippen LogP contribution >= 0.6 is 11.8 Å². The van der Waals surface area contributed by atoms with Crippen LogP contribution in [-0.2, 0) is 14.4 Å². The van der Waals surface area contributed by atoms with E-state index < -0.39 is 12.0 Å². The van der Waals surface area contributed by atoms with Crippen molar-refractivity contribution in [3.8, 4) is 0 Å². The summed E-state index contributed by atoms with van der Waals surface area (Å²) in [4.78, 5) is 33.4. The van der Waals surface area contributed by atoms with Gasteiger partial charge in [-0.1, -0.05) is 6.42 Å². The Morgan fingerprint density at radius 2 is 2.28 bits per heavy atom. The summed E-state index contributed by atoms with van der Waals surface area (Å²) in [5.41, 5.74) is 0. The smallest absolute Gasteiger partial charge is 0.327 e. The predicted molar refractivity (Wildman–Crippen MR) is 68.3 cm³/mol. The number of carboxylic acid groups (broad SMARTS) is 1. The van der Waals surface area contributed by atoms with Gasteiger partial charge in [-0.25, -0.2) is 4.79 Å². The van der Waals surface area contributed by atoms with Gasteiger partial charge < -0.3 is 15.7 Å². The average Bonchev–Trinajstić information content (AvgIpc) is 2.48. The average molecular weight is 274 g/mol. The molecule has 0 radical (unpaired) electrons. The van der Waals surface area contributed by atoms with E-state index in [1.54, 1.807) is 0 Å². The summed E-state index contributed by atoms with van der Waals surface area (Å²) >= 11 is 1.29. The number of carbonyl (C=O) groups is 3. The molecule has 2 amide bonds. The molecule has 1 heterocycles. The standard InChI is InChI=1S/C11H18N2O4S/c1-7(14)13-8(11(16)17)6-18-9-4-2-3-5-12-10(9)15/h8-9H,2-6H2,1H3,(H,12,15)(H,13,14)(H,16,17)/t8-,9?/m0/s1. The fourth-order valence-corrected chi connectivity index (χ4v) is 2.92. The molecule has 0 aromatic rings. The van der Waals surface area contributed by atoms with Crippen LogP contribution in [0.15, 0.2) is 0 Å². The van der Waals surface area contributed by atoms with Crippen molar-refractivity contribution in [2.24, 2.45) is 0 Å². The molecule has 0 spiro atoms. The second-order valence-electron chi connectivity index (χ2n) is 4.20. The molecule has 1 rings (SSSR count). The van der Waals surface area contributed by atoms with Gasteiger partial charge in [0.1, 0.15) is 6.04 Å². The van der Waals surface area contributed by atoms with Crippen LogP contribution in [0.4, 0.5) is 0 Å². The first kappa shape index (κ1) is 14.8. The minimum Gasteiger partial charge on any atom is -0.480 e. The molecule has 0 bridgehead atoms. The maximum atomic E-state index is 11.7. The monoisotopic (exact) mass is 274 g/mol. The highest BCUT2D eigenvalue weighted by atomic mass is 32.2. The van der Waals surface area contributed by atoms with Gasteiger partial charge in [-0.3, -0.25) is 9.59 Å². The van der Waals surface area contributed by atoms with E-state index in [1.807, 2.05) is 0 Å². The molecular weight excluding hydrogens is 256 g/mol. The van der Waals surface area contributed by atoms with Crippen molar-refractivity contribution in [2.45, 2.75) is 37.5 Å². The molecule has 0 aromatic heterocycles. The normalized spacial score (nSPS) is 21.6. The second-order valence-corrected chi connectivity index (χ2v) is 5.44. The van der Waals surface area contributed by atoms with Gasteiger partial charge in [0.15, 0.2) is 0 Å². The van der Waals surface area contributed by atoms with Gasteiger partial charge in [-0.2, -0.15) is 0 Å². The summed E-state index contributed by atoms with van der Waals surface area (Å²) in [6, 6.07) is -0.941. The predicted octanol–water partition coefficient (Wildman–Crippen LogP) is -0.0224. The lowest BCUT2D eigenvalue weighted by Crippen LogP contribution is -2.42. The van der Waals surface area contributed by atoms with E-state index in [9.17, 15) is 14.4 Å². The first-order chi connectivity index (χ1) is 8.50. The quantitative estimate of drug-likeness (QED) is 0.655. The van der Waals surface area contributed by atoms with E-state index in [1.165, 1.54) is 18.7 Å². The zero-order valence-corrected chi connectivity index (χ0v) is 11.1. The summed E-state index contributed by atoms with van der Waals surface area (Å²) in [7, 11) is 0. The van der Waals surface area contributed by atoms with Crippen LogP contribution in [0.1, 0.15) is 26.2 Å². The Labute approximate surface area is 110 Å². The van der Waals surface area contributed by atoms with Crippen LogP contribution in [0.2, 0.25) is 0 Å². The van der Waals surface area contributed by atoms with Crippen molar-refractivity contribution in [1.82, 2.24) is 10.6 Å². The van der Waals surface area contributed by atoms with Crippen molar-refractivity contribution < 1.29 is 19.5 Å². The summed E-state index contributed by atoms with van der Waals surface area (Å²) < 4.78 is 0. The van der Waals surface area contributed by atoms with Crippen molar-refractivity contribution in [1.29, 1.82) is 0 Å². The van der Waals surface area contributed by atoms with Gasteiger partial charge in [0, 0.05) is 19.2 Å². The highest BCUT2D eigenvalue weighted by Crippen LogP contribution is 2.20. The lowest BCUT2D eigenvalue weighted by molar-refractivity contribution is -0.140. The Balaban J connectivity index is 2.47. The maximum Gasteiger partial charge on any atom is 0.327 e. The topological polar surface area (TPSA) is 95.5 Å². The largest absolute Gasteiger partial charge is 0.480 e. The Kier molecular flexibility index (Phi) is 5.97. The van der Waals surface area contributed by atoms with Crippen LogP contribution in [-0.4, -0.2) is 46.5 Å². The Hall–Kier alpha value is -1.24. The van der Waals surface area contributed by atoms with Gasteiger partial charge in [0.2, 0.25) is 11.8 Å². The molecule has 1 unspecified atom stereocenters. The Morgan fingerprint density at radius 3 is 2.89 bits per heavy atom. The number of rotatable bonds is 5. The number of hydrogen-bond acceptors (Lipinski definition) is 4. The van der Waals surface area contributed by atoms with E-state index in [0.717, 1.165) is 19.3 Å². The summed E-state index contributed by atoms with van der Waals surface area (Å²) in [5, 5.41) is 13.9.